The number of nitrogens with one attached hydrogen (secondary N) is 1. The highest BCUT2D eigenvalue weighted by Crippen LogP contribution is 2.32. The maximum atomic E-state index is 14.3. The maximum absolute atomic E-state index is 14.3. The monoisotopic (exact) mass is 320 g/mol. The standard InChI is InChI=1S/C15H26F2N2O3/c1-14(2,3)22-13(20)19-9-6-12(15(16,17)10-19)21-11-4-7-18-8-5-11/h11-12,18H,4-10H2,1-3H3. The summed E-state index contributed by atoms with van der Waals surface area (Å²) in [4.78, 5) is 13.0. The van der Waals surface area contributed by atoms with Crippen molar-refractivity contribution in [1.29, 1.82) is 0 Å². The van der Waals surface area contributed by atoms with Gasteiger partial charge in [-0.25, -0.2) is 13.6 Å². The number of carbonyl (C=O) groups excluding carboxylic acids is 1. The Balaban J connectivity index is 1.89. The molecule has 1 N–H and O–H groups in total. The predicted molar refractivity (Wildman–Crippen MR) is 78.1 cm³/mol. The smallest absolute Gasteiger partial charge is 0.410 e. The zero-order valence-corrected chi connectivity index (χ0v) is 13.5. The third-order valence-corrected chi connectivity index (χ3v) is 3.83. The summed E-state index contributed by atoms with van der Waals surface area (Å²) in [6, 6.07) is 0. The molecule has 0 bridgehead atoms. The molecule has 2 rings (SSSR count). The molecule has 0 saturated carbocycles. The highest BCUT2D eigenvalue weighted by atomic mass is 19.3. The summed E-state index contributed by atoms with van der Waals surface area (Å²) in [5.74, 6) is -3.04. The van der Waals surface area contributed by atoms with Crippen LogP contribution >= 0.6 is 0 Å². The number of carbonyl (C=O) groups is 1. The number of halogens is 2. The van der Waals surface area contributed by atoms with Gasteiger partial charge in [0.2, 0.25) is 0 Å². The molecule has 2 heterocycles. The quantitative estimate of drug-likeness (QED) is 0.849. The molecule has 0 radical (unpaired) electrons. The molecular formula is C15H26F2N2O3. The van der Waals surface area contributed by atoms with Crippen molar-refractivity contribution in [3.8, 4) is 0 Å². The molecule has 0 aromatic heterocycles. The van der Waals surface area contributed by atoms with Crippen LogP contribution in [0, 0.1) is 0 Å². The van der Waals surface area contributed by atoms with Gasteiger partial charge in [0.1, 0.15) is 11.7 Å². The lowest BCUT2D eigenvalue weighted by Gasteiger charge is -2.40. The minimum atomic E-state index is -3.04. The Morgan fingerprint density at radius 3 is 2.41 bits per heavy atom. The van der Waals surface area contributed by atoms with Crippen LogP contribution in [-0.4, -0.2) is 60.9 Å². The highest BCUT2D eigenvalue weighted by molar-refractivity contribution is 5.68. The molecule has 2 aliphatic rings. The van der Waals surface area contributed by atoms with Crippen molar-refractivity contribution in [2.45, 2.75) is 63.8 Å². The zero-order valence-electron chi connectivity index (χ0n) is 13.5. The maximum Gasteiger partial charge on any atom is 0.410 e. The number of nitrogens with zero attached hydrogens (tertiary/aromatic N) is 1. The van der Waals surface area contributed by atoms with Crippen LogP contribution in [0.1, 0.15) is 40.0 Å². The van der Waals surface area contributed by atoms with Crippen LogP contribution in [0.25, 0.3) is 0 Å². The van der Waals surface area contributed by atoms with Gasteiger partial charge in [-0.2, -0.15) is 0 Å². The first kappa shape index (κ1) is 17.4. The van der Waals surface area contributed by atoms with Gasteiger partial charge in [-0.15, -0.1) is 0 Å². The van der Waals surface area contributed by atoms with Crippen LogP contribution in [0.15, 0.2) is 0 Å². The summed E-state index contributed by atoms with van der Waals surface area (Å²) in [7, 11) is 0. The first-order valence-corrected chi connectivity index (χ1v) is 7.89. The van der Waals surface area contributed by atoms with E-state index in [1.54, 1.807) is 20.8 Å². The van der Waals surface area contributed by atoms with Gasteiger partial charge in [0.25, 0.3) is 5.92 Å². The van der Waals surface area contributed by atoms with Gasteiger partial charge >= 0.3 is 6.09 Å². The van der Waals surface area contributed by atoms with E-state index in [9.17, 15) is 13.6 Å². The second-order valence-electron chi connectivity index (χ2n) is 7.03. The molecule has 0 spiro atoms. The molecule has 22 heavy (non-hydrogen) atoms. The summed E-state index contributed by atoms with van der Waals surface area (Å²) in [5.41, 5.74) is -0.686. The third kappa shape index (κ3) is 4.78. The van der Waals surface area contributed by atoms with E-state index in [0.29, 0.717) is 0 Å². The second kappa shape index (κ2) is 6.66. The predicted octanol–water partition coefficient (Wildman–Crippen LogP) is 2.40. The van der Waals surface area contributed by atoms with Crippen molar-refractivity contribution in [2.24, 2.45) is 0 Å². The Labute approximate surface area is 130 Å². The van der Waals surface area contributed by atoms with Crippen molar-refractivity contribution in [3.05, 3.63) is 0 Å². The van der Waals surface area contributed by atoms with Gasteiger partial charge in [-0.3, -0.25) is 0 Å². The first-order chi connectivity index (χ1) is 10.2. The van der Waals surface area contributed by atoms with Crippen LogP contribution in [-0.2, 0) is 9.47 Å². The van der Waals surface area contributed by atoms with Gasteiger partial charge in [0.15, 0.2) is 0 Å². The molecule has 1 atom stereocenters. The van der Waals surface area contributed by atoms with Crippen LogP contribution in [0.5, 0.6) is 0 Å². The highest BCUT2D eigenvalue weighted by Gasteiger charge is 2.48. The zero-order chi connectivity index (χ0) is 16.4. The third-order valence-electron chi connectivity index (χ3n) is 3.83. The van der Waals surface area contributed by atoms with E-state index in [1.807, 2.05) is 0 Å². The summed E-state index contributed by atoms with van der Waals surface area (Å²) in [5, 5.41) is 3.18. The summed E-state index contributed by atoms with van der Waals surface area (Å²) in [6.07, 6.45) is -0.284. The van der Waals surface area contributed by atoms with Crippen LogP contribution < -0.4 is 5.32 Å². The molecule has 2 fully saturated rings. The van der Waals surface area contributed by atoms with E-state index in [-0.39, 0.29) is 19.1 Å². The van der Waals surface area contributed by atoms with E-state index in [0.717, 1.165) is 30.8 Å². The van der Waals surface area contributed by atoms with Crippen molar-refractivity contribution in [2.75, 3.05) is 26.2 Å². The Kier molecular flexibility index (Phi) is 5.27. The number of alkyl halides is 2. The van der Waals surface area contributed by atoms with Gasteiger partial charge in [-0.1, -0.05) is 0 Å². The molecule has 2 aliphatic heterocycles. The number of amides is 1. The van der Waals surface area contributed by atoms with E-state index in [1.165, 1.54) is 0 Å². The molecule has 128 valence electrons. The number of hydrogen-bond donors (Lipinski definition) is 1. The molecule has 1 unspecified atom stereocenters. The number of hydrogen-bond acceptors (Lipinski definition) is 4. The molecule has 7 heteroatoms. The van der Waals surface area contributed by atoms with Gasteiger partial charge in [0.05, 0.1) is 12.6 Å². The Morgan fingerprint density at radius 1 is 1.23 bits per heavy atom. The Morgan fingerprint density at radius 2 is 1.86 bits per heavy atom. The lowest BCUT2D eigenvalue weighted by atomic mass is 10.0. The molecule has 0 aliphatic carbocycles. The average Bonchev–Trinajstić information content (AvgIpc) is 2.40. The number of piperidine rings is 2. The molecule has 2 saturated heterocycles. The van der Waals surface area contributed by atoms with E-state index in [4.69, 9.17) is 9.47 Å². The summed E-state index contributed by atoms with van der Waals surface area (Å²) in [6.45, 7) is 6.35. The van der Waals surface area contributed by atoms with Gasteiger partial charge < -0.3 is 19.7 Å². The Hall–Kier alpha value is -0.950. The number of likely N-dealkylation sites (tertiary alicyclic amines) is 1. The average molecular weight is 320 g/mol. The van der Waals surface area contributed by atoms with Gasteiger partial charge in [-0.05, 0) is 53.1 Å². The van der Waals surface area contributed by atoms with Crippen molar-refractivity contribution in [3.63, 3.8) is 0 Å². The number of rotatable bonds is 2. The molecule has 5 nitrogen and oxygen atoms in total. The minimum Gasteiger partial charge on any atom is -0.444 e. The van der Waals surface area contributed by atoms with Crippen LogP contribution in [0.3, 0.4) is 0 Å². The van der Waals surface area contributed by atoms with E-state index >= 15 is 0 Å². The fourth-order valence-electron chi connectivity index (χ4n) is 2.73. The van der Waals surface area contributed by atoms with Crippen LogP contribution in [0.2, 0.25) is 0 Å². The normalized spacial score (nSPS) is 26.8. The molecular weight excluding hydrogens is 294 g/mol. The summed E-state index contributed by atoms with van der Waals surface area (Å²) >= 11 is 0. The minimum absolute atomic E-state index is 0.120. The van der Waals surface area contributed by atoms with Crippen LogP contribution in [0.4, 0.5) is 13.6 Å². The molecule has 0 aromatic carbocycles. The fourth-order valence-corrected chi connectivity index (χ4v) is 2.73. The first-order valence-electron chi connectivity index (χ1n) is 7.89. The SMILES string of the molecule is CC(C)(C)OC(=O)N1CCC(OC2CCNCC2)C(F)(F)C1. The van der Waals surface area contributed by atoms with E-state index in [2.05, 4.69) is 5.32 Å². The van der Waals surface area contributed by atoms with E-state index < -0.39 is 30.3 Å². The Bertz CT molecular complexity index is 393. The lowest BCUT2D eigenvalue weighted by molar-refractivity contribution is -0.190. The largest absolute Gasteiger partial charge is 0.444 e. The van der Waals surface area contributed by atoms with Crippen molar-refractivity contribution < 1.29 is 23.0 Å². The van der Waals surface area contributed by atoms with Gasteiger partial charge in [0, 0.05) is 6.54 Å². The lowest BCUT2D eigenvalue weighted by Crippen LogP contribution is -2.56. The van der Waals surface area contributed by atoms with Crippen molar-refractivity contribution >= 4 is 6.09 Å². The summed E-state index contributed by atoms with van der Waals surface area (Å²) < 4.78 is 39.3. The van der Waals surface area contributed by atoms with Crippen molar-refractivity contribution in [1.82, 2.24) is 10.2 Å². The second-order valence-corrected chi connectivity index (χ2v) is 7.03. The fraction of sp³-hybridized carbons (Fsp3) is 0.933. The molecule has 1 amide bonds. The number of ether oxygens (including phenoxy) is 2. The topological polar surface area (TPSA) is 50.8 Å². The molecule has 0 aromatic rings.